The van der Waals surface area contributed by atoms with Gasteiger partial charge in [0.05, 0.1) is 19.3 Å². The van der Waals surface area contributed by atoms with E-state index in [2.05, 4.69) is 12.2 Å². The second kappa shape index (κ2) is 9.16. The summed E-state index contributed by atoms with van der Waals surface area (Å²) in [5.74, 6) is 0. The van der Waals surface area contributed by atoms with Crippen LogP contribution in [-0.4, -0.2) is 44.7 Å². The van der Waals surface area contributed by atoms with E-state index >= 15 is 0 Å². The van der Waals surface area contributed by atoms with E-state index < -0.39 is 11.7 Å². The number of alkyl carbamates (subject to hydrolysis) is 1. The van der Waals surface area contributed by atoms with Gasteiger partial charge in [-0.15, -0.1) is 0 Å². The molecule has 0 heterocycles. The number of unbranched alkanes of at least 4 members (excludes halogenated alkanes) is 1. The van der Waals surface area contributed by atoms with E-state index in [-0.39, 0.29) is 6.04 Å². The van der Waals surface area contributed by atoms with E-state index in [0.717, 1.165) is 12.8 Å². The zero-order valence-corrected chi connectivity index (χ0v) is 12.2. The lowest BCUT2D eigenvalue weighted by Crippen LogP contribution is -2.44. The molecule has 0 radical (unpaired) electrons. The molecule has 0 saturated carbocycles. The van der Waals surface area contributed by atoms with Gasteiger partial charge >= 0.3 is 6.09 Å². The third-order valence-corrected chi connectivity index (χ3v) is 2.05. The summed E-state index contributed by atoms with van der Waals surface area (Å²) in [7, 11) is 1.59. The summed E-state index contributed by atoms with van der Waals surface area (Å²) in [6.07, 6.45) is 1.67. The summed E-state index contributed by atoms with van der Waals surface area (Å²) < 4.78 is 15.7. The normalized spacial score (nSPS) is 13.2. The highest BCUT2D eigenvalue weighted by Crippen LogP contribution is 2.06. The van der Waals surface area contributed by atoms with E-state index in [1.807, 2.05) is 20.8 Å². The minimum atomic E-state index is -0.495. The van der Waals surface area contributed by atoms with Gasteiger partial charge in [-0.1, -0.05) is 13.3 Å². The molecule has 0 aromatic rings. The van der Waals surface area contributed by atoms with Crippen LogP contribution in [0.15, 0.2) is 0 Å². The molecule has 0 saturated heterocycles. The maximum atomic E-state index is 11.6. The van der Waals surface area contributed by atoms with Gasteiger partial charge in [0.2, 0.25) is 0 Å². The van der Waals surface area contributed by atoms with Crippen molar-refractivity contribution >= 4 is 6.09 Å². The Kier molecular flexibility index (Phi) is 8.75. The minimum Gasteiger partial charge on any atom is -0.444 e. The van der Waals surface area contributed by atoms with Crippen molar-refractivity contribution < 1.29 is 19.0 Å². The molecule has 0 aliphatic rings. The highest BCUT2D eigenvalue weighted by Gasteiger charge is 2.19. The molecule has 1 amide bonds. The number of nitrogens with one attached hydrogen (secondary N) is 1. The van der Waals surface area contributed by atoms with Crippen molar-refractivity contribution in [3.63, 3.8) is 0 Å². The van der Waals surface area contributed by atoms with Crippen molar-refractivity contribution in [3.05, 3.63) is 0 Å². The van der Waals surface area contributed by atoms with Gasteiger partial charge in [-0.3, -0.25) is 0 Å². The Morgan fingerprint density at radius 2 is 1.94 bits per heavy atom. The Morgan fingerprint density at radius 1 is 1.28 bits per heavy atom. The van der Waals surface area contributed by atoms with E-state index in [9.17, 15) is 4.79 Å². The van der Waals surface area contributed by atoms with Crippen LogP contribution in [-0.2, 0) is 14.2 Å². The molecule has 0 aliphatic carbocycles. The van der Waals surface area contributed by atoms with Gasteiger partial charge < -0.3 is 19.5 Å². The predicted octanol–water partition coefficient (Wildman–Crippen LogP) is 2.34. The van der Waals surface area contributed by atoms with E-state index in [4.69, 9.17) is 14.2 Å². The first-order valence-corrected chi connectivity index (χ1v) is 6.45. The highest BCUT2D eigenvalue weighted by atomic mass is 16.6. The first-order valence-electron chi connectivity index (χ1n) is 6.45. The number of carbonyl (C=O) groups excluding carboxylic acids is 1. The summed E-state index contributed by atoms with van der Waals surface area (Å²) in [4.78, 5) is 11.6. The number of rotatable bonds is 8. The Labute approximate surface area is 110 Å². The van der Waals surface area contributed by atoms with Crippen molar-refractivity contribution in [1.29, 1.82) is 0 Å². The highest BCUT2D eigenvalue weighted by molar-refractivity contribution is 5.68. The Hall–Kier alpha value is -0.810. The summed E-state index contributed by atoms with van der Waals surface area (Å²) >= 11 is 0. The SMILES string of the molecule is CCCCOC[C@@H](COC)NC(=O)OC(C)(C)C. The first kappa shape index (κ1) is 17.2. The number of ether oxygens (including phenoxy) is 3. The van der Waals surface area contributed by atoms with E-state index in [1.165, 1.54) is 0 Å². The van der Waals surface area contributed by atoms with Crippen molar-refractivity contribution in [2.24, 2.45) is 0 Å². The van der Waals surface area contributed by atoms with Gasteiger partial charge in [0.25, 0.3) is 0 Å². The fraction of sp³-hybridized carbons (Fsp3) is 0.923. The summed E-state index contributed by atoms with van der Waals surface area (Å²) in [5.41, 5.74) is -0.495. The summed E-state index contributed by atoms with van der Waals surface area (Å²) in [6.45, 7) is 9.14. The van der Waals surface area contributed by atoms with Crippen LogP contribution in [0.4, 0.5) is 4.79 Å². The topological polar surface area (TPSA) is 56.8 Å². The third-order valence-electron chi connectivity index (χ3n) is 2.05. The van der Waals surface area contributed by atoms with Gasteiger partial charge in [0.15, 0.2) is 0 Å². The second-order valence-electron chi connectivity index (χ2n) is 5.23. The molecule has 108 valence electrons. The molecule has 0 fully saturated rings. The van der Waals surface area contributed by atoms with Gasteiger partial charge in [0.1, 0.15) is 5.60 Å². The quantitative estimate of drug-likeness (QED) is 0.681. The molecule has 0 spiro atoms. The second-order valence-corrected chi connectivity index (χ2v) is 5.23. The van der Waals surface area contributed by atoms with Crippen molar-refractivity contribution in [2.75, 3.05) is 26.9 Å². The van der Waals surface area contributed by atoms with Crippen LogP contribution in [0.5, 0.6) is 0 Å². The number of hydrogen-bond donors (Lipinski definition) is 1. The number of carbonyl (C=O) groups is 1. The van der Waals surface area contributed by atoms with Crippen molar-refractivity contribution in [1.82, 2.24) is 5.32 Å². The van der Waals surface area contributed by atoms with Crippen molar-refractivity contribution in [3.8, 4) is 0 Å². The maximum Gasteiger partial charge on any atom is 0.408 e. The van der Waals surface area contributed by atoms with Crippen LogP contribution in [0.2, 0.25) is 0 Å². The summed E-state index contributed by atoms with van der Waals surface area (Å²) in [5, 5.41) is 2.74. The fourth-order valence-electron chi connectivity index (χ4n) is 1.28. The van der Waals surface area contributed by atoms with Crippen LogP contribution in [0.25, 0.3) is 0 Å². The average Bonchev–Trinajstić information content (AvgIpc) is 2.21. The van der Waals surface area contributed by atoms with Crippen LogP contribution < -0.4 is 5.32 Å². The number of amides is 1. The molecule has 0 bridgehead atoms. The number of methoxy groups -OCH3 is 1. The Bertz CT molecular complexity index is 226. The molecular weight excluding hydrogens is 234 g/mol. The first-order chi connectivity index (χ1) is 8.39. The fourth-order valence-corrected chi connectivity index (χ4v) is 1.28. The zero-order chi connectivity index (χ0) is 14.0. The molecule has 5 heteroatoms. The standard InChI is InChI=1S/C13H27NO4/c1-6-7-8-17-10-11(9-16-5)14-12(15)18-13(2,3)4/h11H,6-10H2,1-5H3,(H,14,15)/t11-/m1/s1. The molecule has 18 heavy (non-hydrogen) atoms. The molecule has 0 rings (SSSR count). The molecule has 1 N–H and O–H groups in total. The van der Waals surface area contributed by atoms with Crippen LogP contribution >= 0.6 is 0 Å². The van der Waals surface area contributed by atoms with Gasteiger partial charge in [-0.05, 0) is 27.2 Å². The van der Waals surface area contributed by atoms with Gasteiger partial charge in [-0.2, -0.15) is 0 Å². The lowest BCUT2D eigenvalue weighted by molar-refractivity contribution is 0.0347. The average molecular weight is 261 g/mol. The van der Waals surface area contributed by atoms with Crippen LogP contribution in [0.3, 0.4) is 0 Å². The lowest BCUT2D eigenvalue weighted by atomic mass is 10.2. The predicted molar refractivity (Wildman–Crippen MR) is 70.8 cm³/mol. The van der Waals surface area contributed by atoms with Gasteiger partial charge in [-0.25, -0.2) is 4.79 Å². The molecular formula is C13H27NO4. The molecule has 5 nitrogen and oxygen atoms in total. The maximum absolute atomic E-state index is 11.6. The Balaban J connectivity index is 3.98. The van der Waals surface area contributed by atoms with Crippen molar-refractivity contribution in [2.45, 2.75) is 52.2 Å². The zero-order valence-electron chi connectivity index (χ0n) is 12.2. The lowest BCUT2D eigenvalue weighted by Gasteiger charge is -2.23. The van der Waals surface area contributed by atoms with E-state index in [0.29, 0.717) is 19.8 Å². The Morgan fingerprint density at radius 3 is 2.44 bits per heavy atom. The molecule has 0 aromatic carbocycles. The van der Waals surface area contributed by atoms with E-state index in [1.54, 1.807) is 7.11 Å². The van der Waals surface area contributed by atoms with Gasteiger partial charge in [0, 0.05) is 13.7 Å². The minimum absolute atomic E-state index is 0.179. The van der Waals surface area contributed by atoms with Crippen LogP contribution in [0.1, 0.15) is 40.5 Å². The molecule has 0 aliphatic heterocycles. The smallest absolute Gasteiger partial charge is 0.408 e. The van der Waals surface area contributed by atoms with Crippen LogP contribution in [0, 0.1) is 0 Å². The monoisotopic (exact) mass is 261 g/mol. The molecule has 0 aromatic heterocycles. The summed E-state index contributed by atoms with van der Waals surface area (Å²) in [6, 6.07) is -0.179. The molecule has 1 atom stereocenters. The molecule has 0 unspecified atom stereocenters. The largest absolute Gasteiger partial charge is 0.444 e. The third kappa shape index (κ3) is 10.4. The number of hydrogen-bond acceptors (Lipinski definition) is 4.